The third kappa shape index (κ3) is 4.00. The smallest absolute Gasteiger partial charge is 0.422 e. The van der Waals surface area contributed by atoms with Gasteiger partial charge < -0.3 is 10.1 Å². The van der Waals surface area contributed by atoms with Crippen LogP contribution in [0.25, 0.3) is 0 Å². The van der Waals surface area contributed by atoms with E-state index >= 15 is 0 Å². The maximum absolute atomic E-state index is 12.0. The number of aromatic nitrogens is 4. The number of H-pyrrole nitrogens is 1. The highest BCUT2D eigenvalue weighted by Gasteiger charge is 2.35. The lowest BCUT2D eigenvalue weighted by molar-refractivity contribution is -0.154. The molecule has 2 aromatic rings. The van der Waals surface area contributed by atoms with Gasteiger partial charge in [-0.2, -0.15) is 18.3 Å². The van der Waals surface area contributed by atoms with Crippen molar-refractivity contribution in [2.75, 3.05) is 11.9 Å². The number of carbonyl (C=O) groups is 1. The van der Waals surface area contributed by atoms with Crippen LogP contribution in [0, 0.1) is 5.92 Å². The number of alkyl halides is 3. The average molecular weight is 341 g/mol. The van der Waals surface area contributed by atoms with Gasteiger partial charge in [0.1, 0.15) is 0 Å². The second-order valence-electron chi connectivity index (χ2n) is 5.64. The second-order valence-corrected chi connectivity index (χ2v) is 5.64. The van der Waals surface area contributed by atoms with Crippen LogP contribution in [0.2, 0.25) is 0 Å². The van der Waals surface area contributed by atoms with Crippen LogP contribution >= 0.6 is 0 Å². The number of ether oxygens (including phenoxy) is 1. The van der Waals surface area contributed by atoms with Crippen LogP contribution in [0.1, 0.15) is 35.4 Å². The average Bonchev–Trinajstić information content (AvgIpc) is 3.07. The van der Waals surface area contributed by atoms with E-state index in [2.05, 4.69) is 37.4 Å². The molecule has 24 heavy (non-hydrogen) atoms. The van der Waals surface area contributed by atoms with Crippen LogP contribution in [0.5, 0.6) is 5.88 Å². The second kappa shape index (κ2) is 6.10. The fraction of sp³-hybridized carbons (Fsp3) is 0.429. The van der Waals surface area contributed by atoms with Gasteiger partial charge in [-0.15, -0.1) is 10.2 Å². The topological polar surface area (TPSA) is 92.8 Å². The molecule has 10 heteroatoms. The monoisotopic (exact) mass is 341 g/mol. The first-order valence-corrected chi connectivity index (χ1v) is 7.22. The van der Waals surface area contributed by atoms with Gasteiger partial charge in [-0.25, -0.2) is 0 Å². The number of amides is 1. The molecule has 0 unspecified atom stereocenters. The van der Waals surface area contributed by atoms with E-state index in [1.807, 2.05) is 0 Å². The number of nitrogens with zero attached hydrogens (tertiary/aromatic N) is 3. The minimum absolute atomic E-state index is 0.0568. The largest absolute Gasteiger partial charge is 0.467 e. The minimum atomic E-state index is -4.46. The molecule has 2 heterocycles. The van der Waals surface area contributed by atoms with Crippen molar-refractivity contribution in [3.05, 3.63) is 29.6 Å². The van der Waals surface area contributed by atoms with Crippen molar-refractivity contribution in [3.8, 4) is 5.88 Å². The van der Waals surface area contributed by atoms with Crippen LogP contribution in [0.15, 0.2) is 18.2 Å². The zero-order valence-electron chi connectivity index (χ0n) is 12.6. The lowest BCUT2D eigenvalue weighted by Crippen LogP contribution is -2.20. The highest BCUT2D eigenvalue weighted by molar-refractivity contribution is 6.02. The summed E-state index contributed by atoms with van der Waals surface area (Å²) in [5.74, 6) is 0.519. The van der Waals surface area contributed by atoms with Crippen molar-refractivity contribution < 1.29 is 22.7 Å². The Morgan fingerprint density at radius 3 is 2.75 bits per heavy atom. The first-order valence-electron chi connectivity index (χ1n) is 7.22. The number of hydrogen-bond acceptors (Lipinski definition) is 5. The summed E-state index contributed by atoms with van der Waals surface area (Å²) >= 11 is 0. The maximum Gasteiger partial charge on any atom is 0.422 e. The molecule has 1 fully saturated rings. The van der Waals surface area contributed by atoms with Crippen molar-refractivity contribution >= 4 is 11.7 Å². The Hall–Kier alpha value is -2.65. The molecule has 0 spiro atoms. The molecule has 0 radical (unpaired) electrons. The molecule has 2 aromatic heterocycles. The number of anilines is 1. The van der Waals surface area contributed by atoms with Crippen LogP contribution < -0.4 is 10.1 Å². The van der Waals surface area contributed by atoms with E-state index in [-0.39, 0.29) is 11.6 Å². The molecule has 3 rings (SSSR count). The summed E-state index contributed by atoms with van der Waals surface area (Å²) in [5.41, 5.74) is 0.901. The summed E-state index contributed by atoms with van der Waals surface area (Å²) in [4.78, 5) is 12.0. The molecule has 2 N–H and O–H groups in total. The molecule has 128 valence electrons. The summed E-state index contributed by atoms with van der Waals surface area (Å²) in [7, 11) is 0. The molecular formula is C14H14F3N5O2. The lowest BCUT2D eigenvalue weighted by Gasteiger charge is -2.07. The van der Waals surface area contributed by atoms with Crippen molar-refractivity contribution in [3.63, 3.8) is 0 Å². The Morgan fingerprint density at radius 1 is 1.42 bits per heavy atom. The van der Waals surface area contributed by atoms with E-state index in [1.54, 1.807) is 6.07 Å². The van der Waals surface area contributed by atoms with E-state index in [1.165, 1.54) is 6.07 Å². The lowest BCUT2D eigenvalue weighted by atomic mass is 10.2. The van der Waals surface area contributed by atoms with Crippen LogP contribution in [0.3, 0.4) is 0 Å². The summed E-state index contributed by atoms with van der Waals surface area (Å²) in [6.07, 6.45) is -3.38. The van der Waals surface area contributed by atoms with Gasteiger partial charge in [0.2, 0.25) is 5.88 Å². The molecule has 1 aliphatic carbocycles. The summed E-state index contributed by atoms with van der Waals surface area (Å²) in [6, 6.07) is 4.13. The number of rotatable bonds is 5. The van der Waals surface area contributed by atoms with Gasteiger partial charge >= 0.3 is 6.18 Å². The fourth-order valence-corrected chi connectivity index (χ4v) is 2.20. The van der Waals surface area contributed by atoms with Crippen LogP contribution in [-0.4, -0.2) is 39.1 Å². The van der Waals surface area contributed by atoms with Crippen molar-refractivity contribution in [2.24, 2.45) is 5.92 Å². The molecule has 0 saturated heterocycles. The quantitative estimate of drug-likeness (QED) is 0.872. The van der Waals surface area contributed by atoms with Crippen molar-refractivity contribution in [1.29, 1.82) is 0 Å². The molecule has 0 bridgehead atoms. The molecule has 1 saturated carbocycles. The highest BCUT2D eigenvalue weighted by atomic mass is 19.4. The first-order chi connectivity index (χ1) is 11.3. The molecule has 1 amide bonds. The SMILES string of the molecule is C[C@@H]1C[C@@H]1c1cc(NC(=O)c2ccc(OCC(F)(F)F)nn2)n[nH]1. The van der Waals surface area contributed by atoms with Crippen LogP contribution in [0.4, 0.5) is 19.0 Å². The van der Waals surface area contributed by atoms with Gasteiger partial charge in [0.05, 0.1) is 0 Å². The zero-order valence-corrected chi connectivity index (χ0v) is 12.6. The van der Waals surface area contributed by atoms with E-state index < -0.39 is 18.7 Å². The van der Waals surface area contributed by atoms with E-state index in [0.717, 1.165) is 18.2 Å². The van der Waals surface area contributed by atoms with E-state index in [9.17, 15) is 18.0 Å². The summed E-state index contributed by atoms with van der Waals surface area (Å²) in [5, 5.41) is 16.4. The van der Waals surface area contributed by atoms with E-state index in [4.69, 9.17) is 0 Å². The Bertz CT molecular complexity index is 729. The molecule has 1 aliphatic rings. The van der Waals surface area contributed by atoms with Gasteiger partial charge in [0.25, 0.3) is 5.91 Å². The number of carbonyl (C=O) groups excluding carboxylic acids is 1. The molecule has 0 aromatic carbocycles. The fourth-order valence-electron chi connectivity index (χ4n) is 2.20. The van der Waals surface area contributed by atoms with Gasteiger partial charge in [-0.1, -0.05) is 6.92 Å². The Labute approximate surface area is 134 Å². The predicted molar refractivity (Wildman–Crippen MR) is 76.6 cm³/mol. The van der Waals surface area contributed by atoms with Crippen molar-refractivity contribution in [1.82, 2.24) is 20.4 Å². The number of hydrogen-bond donors (Lipinski definition) is 2. The Kier molecular flexibility index (Phi) is 4.12. The number of nitrogens with one attached hydrogen (secondary N) is 2. The Balaban J connectivity index is 1.57. The van der Waals surface area contributed by atoms with Crippen molar-refractivity contribution in [2.45, 2.75) is 25.4 Å². The Morgan fingerprint density at radius 2 is 2.17 bits per heavy atom. The third-order valence-electron chi connectivity index (χ3n) is 3.60. The van der Waals surface area contributed by atoms with Crippen LogP contribution in [-0.2, 0) is 0 Å². The minimum Gasteiger partial charge on any atom is -0.467 e. The third-order valence-corrected chi connectivity index (χ3v) is 3.60. The van der Waals surface area contributed by atoms with E-state index in [0.29, 0.717) is 17.7 Å². The number of halogens is 3. The molecule has 0 aliphatic heterocycles. The first kappa shape index (κ1) is 16.2. The highest BCUT2D eigenvalue weighted by Crippen LogP contribution is 2.46. The number of aromatic amines is 1. The van der Waals surface area contributed by atoms with Gasteiger partial charge in [-0.3, -0.25) is 9.89 Å². The predicted octanol–water partition coefficient (Wildman–Crippen LogP) is 2.52. The zero-order chi connectivity index (χ0) is 17.3. The van der Waals surface area contributed by atoms with Gasteiger partial charge in [-0.05, 0) is 18.4 Å². The summed E-state index contributed by atoms with van der Waals surface area (Å²) < 4.78 is 40.5. The molecular weight excluding hydrogens is 327 g/mol. The van der Waals surface area contributed by atoms with Gasteiger partial charge in [0.15, 0.2) is 18.1 Å². The van der Waals surface area contributed by atoms with Gasteiger partial charge in [0, 0.05) is 23.7 Å². The maximum atomic E-state index is 12.0. The molecule has 7 nitrogen and oxygen atoms in total. The summed E-state index contributed by atoms with van der Waals surface area (Å²) in [6.45, 7) is 0.657. The normalized spacial score (nSPS) is 19.8. The standard InChI is InChI=1S/C14H14F3N5O2/c1-7-4-8(7)10-5-11(21-20-10)18-13(23)9-2-3-12(22-19-9)24-6-14(15,16)17/h2-3,5,7-8H,4,6H2,1H3,(H2,18,20,21,23)/t7-,8+/m1/s1. The molecule has 2 atom stereocenters.